The predicted octanol–water partition coefficient (Wildman–Crippen LogP) is 0.0616. The van der Waals surface area contributed by atoms with E-state index >= 15 is 0 Å². The second kappa shape index (κ2) is 4.82. The molecule has 2 aliphatic heterocycles. The summed E-state index contributed by atoms with van der Waals surface area (Å²) in [4.78, 5) is 24.5. The zero-order chi connectivity index (χ0) is 11.5. The maximum atomic E-state index is 12.0. The Balaban J connectivity index is 1.93. The quantitative estimate of drug-likeness (QED) is 0.714. The maximum absolute atomic E-state index is 12.0. The first-order valence-electron chi connectivity index (χ1n) is 5.91. The standard InChI is InChI=1S/C11H18N2O3/c14-10(5-8-6-12-7-8)13-4-2-1-3-9(13)11(15)16/h8-9,12H,1-7H2,(H,15,16)/t9-/m0/s1. The van der Waals surface area contributed by atoms with Crippen molar-refractivity contribution in [3.8, 4) is 0 Å². The second-order valence-corrected chi connectivity index (χ2v) is 4.67. The summed E-state index contributed by atoms with van der Waals surface area (Å²) >= 11 is 0. The lowest BCUT2D eigenvalue weighted by molar-refractivity contribution is -0.152. The molecule has 0 unspecified atom stereocenters. The fraction of sp³-hybridized carbons (Fsp3) is 0.818. The van der Waals surface area contributed by atoms with Crippen LogP contribution in [0.25, 0.3) is 0 Å². The van der Waals surface area contributed by atoms with Crippen LogP contribution >= 0.6 is 0 Å². The maximum Gasteiger partial charge on any atom is 0.326 e. The number of likely N-dealkylation sites (tertiary alicyclic amines) is 1. The van der Waals surface area contributed by atoms with E-state index in [4.69, 9.17) is 5.11 Å². The van der Waals surface area contributed by atoms with Gasteiger partial charge in [-0.15, -0.1) is 0 Å². The van der Waals surface area contributed by atoms with Crippen LogP contribution in [-0.4, -0.2) is 47.6 Å². The highest BCUT2D eigenvalue weighted by atomic mass is 16.4. The normalized spacial score (nSPS) is 26.2. The van der Waals surface area contributed by atoms with Crippen molar-refractivity contribution in [2.24, 2.45) is 5.92 Å². The smallest absolute Gasteiger partial charge is 0.326 e. The number of carboxylic acid groups (broad SMARTS) is 1. The van der Waals surface area contributed by atoms with Crippen LogP contribution in [0.2, 0.25) is 0 Å². The molecule has 0 radical (unpaired) electrons. The monoisotopic (exact) mass is 226 g/mol. The number of hydrogen-bond donors (Lipinski definition) is 2. The zero-order valence-corrected chi connectivity index (χ0v) is 9.32. The van der Waals surface area contributed by atoms with Gasteiger partial charge < -0.3 is 15.3 Å². The summed E-state index contributed by atoms with van der Waals surface area (Å²) in [7, 11) is 0. The lowest BCUT2D eigenvalue weighted by Gasteiger charge is -2.35. The number of aliphatic carboxylic acids is 1. The van der Waals surface area contributed by atoms with E-state index in [-0.39, 0.29) is 5.91 Å². The highest BCUT2D eigenvalue weighted by Gasteiger charge is 2.33. The predicted molar refractivity (Wildman–Crippen MR) is 58.0 cm³/mol. The first kappa shape index (κ1) is 11.4. The summed E-state index contributed by atoms with van der Waals surface area (Å²) in [6.07, 6.45) is 2.94. The van der Waals surface area contributed by atoms with Gasteiger partial charge in [0.15, 0.2) is 0 Å². The average molecular weight is 226 g/mol. The fourth-order valence-electron chi connectivity index (χ4n) is 2.34. The number of carbonyl (C=O) groups excluding carboxylic acids is 1. The van der Waals surface area contributed by atoms with Crippen LogP contribution in [0.3, 0.4) is 0 Å². The van der Waals surface area contributed by atoms with Crippen molar-refractivity contribution >= 4 is 11.9 Å². The molecule has 2 heterocycles. The third-order valence-electron chi connectivity index (χ3n) is 3.44. The number of piperidine rings is 1. The molecule has 0 aliphatic carbocycles. The molecule has 0 aromatic carbocycles. The van der Waals surface area contributed by atoms with E-state index in [1.807, 2.05) is 0 Å². The Labute approximate surface area is 94.8 Å². The first-order chi connectivity index (χ1) is 7.68. The highest BCUT2D eigenvalue weighted by molar-refractivity contribution is 5.84. The lowest BCUT2D eigenvalue weighted by atomic mass is 9.96. The second-order valence-electron chi connectivity index (χ2n) is 4.67. The Bertz CT molecular complexity index is 289. The molecule has 2 rings (SSSR count). The molecule has 16 heavy (non-hydrogen) atoms. The molecule has 5 heteroatoms. The zero-order valence-electron chi connectivity index (χ0n) is 9.32. The molecular formula is C11H18N2O3. The molecule has 2 saturated heterocycles. The van der Waals surface area contributed by atoms with Crippen LogP contribution in [0.15, 0.2) is 0 Å². The molecule has 0 aromatic heterocycles. The van der Waals surface area contributed by atoms with Crippen LogP contribution in [0.1, 0.15) is 25.7 Å². The average Bonchev–Trinajstić information content (AvgIpc) is 2.23. The van der Waals surface area contributed by atoms with Crippen LogP contribution < -0.4 is 5.32 Å². The van der Waals surface area contributed by atoms with E-state index in [0.29, 0.717) is 25.3 Å². The Morgan fingerprint density at radius 2 is 2.06 bits per heavy atom. The lowest BCUT2D eigenvalue weighted by Crippen LogP contribution is -2.51. The Morgan fingerprint density at radius 1 is 1.31 bits per heavy atom. The third-order valence-corrected chi connectivity index (χ3v) is 3.44. The number of nitrogens with zero attached hydrogens (tertiary/aromatic N) is 1. The molecule has 0 spiro atoms. The first-order valence-corrected chi connectivity index (χ1v) is 5.91. The Morgan fingerprint density at radius 3 is 2.62 bits per heavy atom. The molecule has 0 saturated carbocycles. The molecule has 2 aliphatic rings. The van der Waals surface area contributed by atoms with Crippen LogP contribution in [0.5, 0.6) is 0 Å². The molecule has 2 N–H and O–H groups in total. The largest absolute Gasteiger partial charge is 0.480 e. The van der Waals surface area contributed by atoms with Crippen molar-refractivity contribution in [2.75, 3.05) is 19.6 Å². The van der Waals surface area contributed by atoms with E-state index in [0.717, 1.165) is 25.9 Å². The number of hydrogen-bond acceptors (Lipinski definition) is 3. The third kappa shape index (κ3) is 2.35. The van der Waals surface area contributed by atoms with Gasteiger partial charge in [0.05, 0.1) is 0 Å². The van der Waals surface area contributed by atoms with Crippen molar-refractivity contribution in [3.05, 3.63) is 0 Å². The summed E-state index contributed by atoms with van der Waals surface area (Å²) in [5.41, 5.74) is 0. The van der Waals surface area contributed by atoms with E-state index in [1.165, 1.54) is 0 Å². The van der Waals surface area contributed by atoms with Crippen LogP contribution in [-0.2, 0) is 9.59 Å². The number of rotatable bonds is 3. The topological polar surface area (TPSA) is 69.6 Å². The van der Waals surface area contributed by atoms with Gasteiger partial charge in [0, 0.05) is 13.0 Å². The number of nitrogens with one attached hydrogen (secondary N) is 1. The summed E-state index contributed by atoms with van der Waals surface area (Å²) < 4.78 is 0. The summed E-state index contributed by atoms with van der Waals surface area (Å²) in [6, 6.07) is -0.589. The molecule has 90 valence electrons. The summed E-state index contributed by atoms with van der Waals surface area (Å²) in [5, 5.41) is 12.2. The number of carbonyl (C=O) groups is 2. The Hall–Kier alpha value is -1.10. The van der Waals surface area contributed by atoms with E-state index in [9.17, 15) is 9.59 Å². The van der Waals surface area contributed by atoms with Gasteiger partial charge in [-0.05, 0) is 38.3 Å². The van der Waals surface area contributed by atoms with Gasteiger partial charge >= 0.3 is 5.97 Å². The minimum atomic E-state index is -0.861. The minimum absolute atomic E-state index is 0.0126. The molecule has 1 atom stereocenters. The number of carboxylic acids is 1. The Kier molecular flexibility index (Phi) is 3.43. The highest BCUT2D eigenvalue weighted by Crippen LogP contribution is 2.20. The summed E-state index contributed by atoms with van der Waals surface area (Å²) in [5.74, 6) is -0.442. The van der Waals surface area contributed by atoms with Gasteiger partial charge in [-0.1, -0.05) is 0 Å². The van der Waals surface area contributed by atoms with Gasteiger partial charge in [0.2, 0.25) is 5.91 Å². The van der Waals surface area contributed by atoms with Crippen molar-refractivity contribution in [1.82, 2.24) is 10.2 Å². The van der Waals surface area contributed by atoms with E-state index in [2.05, 4.69) is 5.32 Å². The van der Waals surface area contributed by atoms with Crippen LogP contribution in [0, 0.1) is 5.92 Å². The van der Waals surface area contributed by atoms with Crippen molar-refractivity contribution in [3.63, 3.8) is 0 Å². The van der Waals surface area contributed by atoms with E-state index < -0.39 is 12.0 Å². The minimum Gasteiger partial charge on any atom is -0.480 e. The van der Waals surface area contributed by atoms with E-state index in [1.54, 1.807) is 4.90 Å². The molecule has 0 bridgehead atoms. The van der Waals surface area contributed by atoms with Crippen LogP contribution in [0.4, 0.5) is 0 Å². The SMILES string of the molecule is O=C(O)[C@@H]1CCCCN1C(=O)CC1CNC1. The van der Waals surface area contributed by atoms with Crippen molar-refractivity contribution in [2.45, 2.75) is 31.7 Å². The number of amides is 1. The van der Waals surface area contributed by atoms with Gasteiger partial charge in [-0.3, -0.25) is 4.79 Å². The molecule has 1 amide bonds. The fourth-order valence-corrected chi connectivity index (χ4v) is 2.34. The van der Waals surface area contributed by atoms with Gasteiger partial charge in [0.25, 0.3) is 0 Å². The molecular weight excluding hydrogens is 208 g/mol. The molecule has 0 aromatic rings. The summed E-state index contributed by atoms with van der Waals surface area (Å²) in [6.45, 7) is 2.38. The van der Waals surface area contributed by atoms with Crippen molar-refractivity contribution in [1.29, 1.82) is 0 Å². The molecule has 2 fully saturated rings. The van der Waals surface area contributed by atoms with Crippen molar-refractivity contribution < 1.29 is 14.7 Å². The van der Waals surface area contributed by atoms with Gasteiger partial charge in [-0.2, -0.15) is 0 Å². The van der Waals surface area contributed by atoms with Gasteiger partial charge in [-0.25, -0.2) is 4.79 Å². The molecule has 5 nitrogen and oxygen atoms in total. The van der Waals surface area contributed by atoms with Gasteiger partial charge in [0.1, 0.15) is 6.04 Å².